The minimum absolute atomic E-state index is 0.0375. The highest BCUT2D eigenvalue weighted by Crippen LogP contribution is 2.39. The van der Waals surface area contributed by atoms with E-state index < -0.39 is 0 Å². The third-order valence-corrected chi connectivity index (χ3v) is 4.75. The molecule has 4 heteroatoms. The predicted octanol–water partition coefficient (Wildman–Crippen LogP) is 2.82. The van der Waals surface area contributed by atoms with Crippen LogP contribution in [0.3, 0.4) is 0 Å². The second kappa shape index (κ2) is 7.14. The highest BCUT2D eigenvalue weighted by atomic mass is 16.5. The summed E-state index contributed by atoms with van der Waals surface area (Å²) in [4.78, 5) is 12.2. The zero-order valence-electron chi connectivity index (χ0n) is 13.9. The van der Waals surface area contributed by atoms with Gasteiger partial charge in [0, 0.05) is 6.54 Å². The van der Waals surface area contributed by atoms with E-state index >= 15 is 0 Å². The van der Waals surface area contributed by atoms with Gasteiger partial charge in [-0.2, -0.15) is 0 Å². The van der Waals surface area contributed by atoms with Gasteiger partial charge in [-0.15, -0.1) is 0 Å². The third kappa shape index (κ3) is 4.01. The number of hydrogen-bond donors (Lipinski definition) is 2. The molecule has 0 heterocycles. The zero-order valence-corrected chi connectivity index (χ0v) is 13.9. The molecule has 4 nitrogen and oxygen atoms in total. The molecule has 0 bridgehead atoms. The Kier molecular flexibility index (Phi) is 5.46. The third-order valence-electron chi connectivity index (χ3n) is 4.75. The Labute approximate surface area is 133 Å². The lowest BCUT2D eigenvalue weighted by molar-refractivity contribution is -0.125. The van der Waals surface area contributed by atoms with E-state index in [0.717, 1.165) is 30.6 Å². The second-order valence-corrected chi connectivity index (χ2v) is 6.58. The number of carbonyl (C=O) groups is 1. The lowest BCUT2D eigenvalue weighted by Gasteiger charge is -2.29. The van der Waals surface area contributed by atoms with Crippen molar-refractivity contribution in [2.24, 2.45) is 11.7 Å². The van der Waals surface area contributed by atoms with Gasteiger partial charge in [0.15, 0.2) is 6.61 Å². The van der Waals surface area contributed by atoms with Gasteiger partial charge in [0.05, 0.1) is 5.54 Å². The van der Waals surface area contributed by atoms with Crippen LogP contribution in [-0.2, 0) is 4.79 Å². The van der Waals surface area contributed by atoms with E-state index in [1.54, 1.807) is 0 Å². The molecule has 0 aromatic heterocycles. The number of benzene rings is 1. The first-order valence-corrected chi connectivity index (χ1v) is 8.23. The molecule has 122 valence electrons. The Balaban J connectivity index is 1.94. The topological polar surface area (TPSA) is 64.3 Å². The van der Waals surface area contributed by atoms with Crippen molar-refractivity contribution < 1.29 is 9.53 Å². The smallest absolute Gasteiger partial charge is 0.258 e. The highest BCUT2D eigenvalue weighted by Gasteiger charge is 2.41. The van der Waals surface area contributed by atoms with Crippen molar-refractivity contribution in [3.8, 4) is 5.75 Å². The first kappa shape index (κ1) is 16.8. The van der Waals surface area contributed by atoms with Gasteiger partial charge in [-0.1, -0.05) is 32.0 Å². The van der Waals surface area contributed by atoms with Crippen molar-refractivity contribution in [3.63, 3.8) is 0 Å². The van der Waals surface area contributed by atoms with E-state index in [2.05, 4.69) is 25.2 Å². The lowest BCUT2D eigenvalue weighted by atomic mass is 9.96. The van der Waals surface area contributed by atoms with Crippen LogP contribution < -0.4 is 15.8 Å². The molecule has 1 fully saturated rings. The van der Waals surface area contributed by atoms with Crippen LogP contribution in [-0.4, -0.2) is 24.6 Å². The molecule has 0 spiro atoms. The Morgan fingerprint density at radius 2 is 2.14 bits per heavy atom. The Bertz CT molecular complexity index is 514. The Morgan fingerprint density at radius 1 is 1.45 bits per heavy atom. The second-order valence-electron chi connectivity index (χ2n) is 6.58. The van der Waals surface area contributed by atoms with Gasteiger partial charge < -0.3 is 15.8 Å². The number of nitrogens with one attached hydrogen (secondary N) is 1. The number of amides is 1. The largest absolute Gasteiger partial charge is 0.483 e. The predicted molar refractivity (Wildman–Crippen MR) is 89.0 cm³/mol. The summed E-state index contributed by atoms with van der Waals surface area (Å²) < 4.78 is 5.76. The fraction of sp³-hybridized carbons (Fsp3) is 0.611. The minimum atomic E-state index is -0.295. The number of rotatable bonds is 8. The van der Waals surface area contributed by atoms with E-state index in [-0.39, 0.29) is 18.1 Å². The van der Waals surface area contributed by atoms with Crippen molar-refractivity contribution in [1.29, 1.82) is 0 Å². The van der Waals surface area contributed by atoms with Gasteiger partial charge in [0.25, 0.3) is 5.91 Å². The normalized spacial score (nSPS) is 18.4. The summed E-state index contributed by atoms with van der Waals surface area (Å²) in [6, 6.07) is 7.94. The van der Waals surface area contributed by atoms with Gasteiger partial charge in [0.2, 0.25) is 0 Å². The summed E-state index contributed by atoms with van der Waals surface area (Å²) in [5.74, 6) is 1.63. The molecule has 0 aliphatic heterocycles. The first-order chi connectivity index (χ1) is 10.5. The monoisotopic (exact) mass is 304 g/mol. The van der Waals surface area contributed by atoms with Crippen LogP contribution in [0.5, 0.6) is 5.75 Å². The minimum Gasteiger partial charge on any atom is -0.483 e. The van der Waals surface area contributed by atoms with Crippen LogP contribution in [0, 0.1) is 5.92 Å². The molecule has 3 N–H and O–H groups in total. The number of ether oxygens (including phenoxy) is 1. The molecular weight excluding hydrogens is 276 g/mol. The SMILES string of the molecule is CCC(C)c1ccccc1OCC(=O)NC(C)(CN)C1CC1. The van der Waals surface area contributed by atoms with Crippen LogP contribution in [0.25, 0.3) is 0 Å². The van der Waals surface area contributed by atoms with Crippen molar-refractivity contribution in [1.82, 2.24) is 5.32 Å². The summed E-state index contributed by atoms with van der Waals surface area (Å²) in [6.07, 6.45) is 3.33. The quantitative estimate of drug-likeness (QED) is 0.776. The fourth-order valence-corrected chi connectivity index (χ4v) is 2.78. The molecule has 0 radical (unpaired) electrons. The van der Waals surface area contributed by atoms with Crippen molar-refractivity contribution >= 4 is 5.91 Å². The maximum atomic E-state index is 12.2. The summed E-state index contributed by atoms with van der Waals surface area (Å²) in [5, 5.41) is 3.05. The molecule has 1 aromatic carbocycles. The van der Waals surface area contributed by atoms with Crippen LogP contribution >= 0.6 is 0 Å². The number of para-hydroxylation sites is 1. The summed E-state index contributed by atoms with van der Waals surface area (Å²) in [7, 11) is 0. The molecule has 1 aliphatic carbocycles. The fourth-order valence-electron chi connectivity index (χ4n) is 2.78. The maximum Gasteiger partial charge on any atom is 0.258 e. The van der Waals surface area contributed by atoms with Gasteiger partial charge in [0.1, 0.15) is 5.75 Å². The molecule has 22 heavy (non-hydrogen) atoms. The molecule has 0 saturated heterocycles. The molecule has 1 aromatic rings. The van der Waals surface area contributed by atoms with E-state index in [9.17, 15) is 4.79 Å². The van der Waals surface area contributed by atoms with E-state index in [0.29, 0.717) is 18.4 Å². The molecule has 1 saturated carbocycles. The Hall–Kier alpha value is -1.55. The molecule has 2 rings (SSSR count). The first-order valence-electron chi connectivity index (χ1n) is 8.23. The average molecular weight is 304 g/mol. The standard InChI is InChI=1S/C18H28N2O2/c1-4-13(2)15-7-5-6-8-16(15)22-11-17(21)20-18(3,12-19)14-9-10-14/h5-8,13-14H,4,9-12,19H2,1-3H3,(H,20,21). The summed E-state index contributed by atoms with van der Waals surface area (Å²) in [5.41, 5.74) is 6.69. The van der Waals surface area contributed by atoms with Crippen LogP contribution in [0.15, 0.2) is 24.3 Å². The van der Waals surface area contributed by atoms with Gasteiger partial charge in [-0.05, 0) is 49.7 Å². The van der Waals surface area contributed by atoms with E-state index in [1.165, 1.54) is 0 Å². The average Bonchev–Trinajstić information content (AvgIpc) is 3.37. The molecule has 2 unspecified atom stereocenters. The van der Waals surface area contributed by atoms with Crippen molar-refractivity contribution in [2.75, 3.05) is 13.2 Å². The molecular formula is C18H28N2O2. The molecule has 1 amide bonds. The number of carbonyl (C=O) groups excluding carboxylic acids is 1. The lowest BCUT2D eigenvalue weighted by Crippen LogP contribution is -2.54. The van der Waals surface area contributed by atoms with Crippen molar-refractivity contribution in [2.45, 2.75) is 51.5 Å². The molecule has 1 aliphatic rings. The van der Waals surface area contributed by atoms with Crippen LogP contribution in [0.4, 0.5) is 0 Å². The molecule has 2 atom stereocenters. The number of nitrogens with two attached hydrogens (primary N) is 1. The summed E-state index contributed by atoms with van der Waals surface area (Å²) >= 11 is 0. The van der Waals surface area contributed by atoms with E-state index in [4.69, 9.17) is 10.5 Å². The summed E-state index contributed by atoms with van der Waals surface area (Å²) in [6.45, 7) is 6.84. The zero-order chi connectivity index (χ0) is 16.2. The number of hydrogen-bond acceptors (Lipinski definition) is 3. The van der Waals surface area contributed by atoms with E-state index in [1.807, 2.05) is 25.1 Å². The van der Waals surface area contributed by atoms with Crippen LogP contribution in [0.2, 0.25) is 0 Å². The van der Waals surface area contributed by atoms with Gasteiger partial charge in [-0.25, -0.2) is 0 Å². The van der Waals surface area contributed by atoms with Crippen LogP contribution in [0.1, 0.15) is 51.5 Å². The Morgan fingerprint density at radius 3 is 2.73 bits per heavy atom. The maximum absolute atomic E-state index is 12.2. The van der Waals surface area contributed by atoms with Gasteiger partial charge >= 0.3 is 0 Å². The van der Waals surface area contributed by atoms with Crippen molar-refractivity contribution in [3.05, 3.63) is 29.8 Å². The van der Waals surface area contributed by atoms with Gasteiger partial charge in [-0.3, -0.25) is 4.79 Å². The highest BCUT2D eigenvalue weighted by molar-refractivity contribution is 5.78.